The maximum Gasteiger partial charge on any atom is 0.407 e. The van der Waals surface area contributed by atoms with Crippen LogP contribution >= 0.6 is 0 Å². The van der Waals surface area contributed by atoms with E-state index in [0.29, 0.717) is 37.6 Å². The lowest BCUT2D eigenvalue weighted by Gasteiger charge is -2.60. The van der Waals surface area contributed by atoms with Crippen LogP contribution in [0.4, 0.5) is 9.18 Å². The molecule has 2 amide bonds. The number of nitrogens with one attached hydrogen (secondary N) is 2. The summed E-state index contributed by atoms with van der Waals surface area (Å²) in [6.45, 7) is 10.9. The zero-order valence-electron chi connectivity index (χ0n) is 31.1. The van der Waals surface area contributed by atoms with Gasteiger partial charge in [-0.05, 0) is 90.6 Å². The summed E-state index contributed by atoms with van der Waals surface area (Å²) in [5.41, 5.74) is -0.543. The van der Waals surface area contributed by atoms with Crippen LogP contribution in [0.25, 0.3) is 0 Å². The molecule has 4 saturated carbocycles. The van der Waals surface area contributed by atoms with Crippen LogP contribution < -0.4 is 10.6 Å². The van der Waals surface area contributed by atoms with Crippen molar-refractivity contribution in [3.05, 3.63) is 11.8 Å². The third-order valence-corrected chi connectivity index (χ3v) is 13.5. The van der Waals surface area contributed by atoms with E-state index in [4.69, 9.17) is 14.2 Å². The molecule has 7 fully saturated rings. The Morgan fingerprint density at radius 3 is 2.56 bits per heavy atom. The van der Waals surface area contributed by atoms with Crippen molar-refractivity contribution in [3.63, 3.8) is 0 Å². The molecule has 0 aromatic carbocycles. The van der Waals surface area contributed by atoms with Crippen molar-refractivity contribution in [1.82, 2.24) is 25.3 Å². The monoisotopic (exact) mass is 727 g/mol. The third-order valence-electron chi connectivity index (χ3n) is 13.5. The summed E-state index contributed by atoms with van der Waals surface area (Å²) in [7, 11) is 0. The number of likely N-dealkylation sites (tertiary alicyclic amines) is 1. The van der Waals surface area contributed by atoms with Gasteiger partial charge in [0.1, 0.15) is 17.6 Å². The number of rotatable bonds is 7. The van der Waals surface area contributed by atoms with Crippen molar-refractivity contribution in [2.75, 3.05) is 52.5 Å². The summed E-state index contributed by atoms with van der Waals surface area (Å²) in [6.07, 6.45) is 6.20. The van der Waals surface area contributed by atoms with Crippen molar-refractivity contribution in [2.24, 2.45) is 29.6 Å². The van der Waals surface area contributed by atoms with Gasteiger partial charge in [0.15, 0.2) is 5.78 Å². The quantitative estimate of drug-likeness (QED) is 0.299. The highest BCUT2D eigenvalue weighted by atomic mass is 19.1. The fraction of sp³-hybridized carbons (Fsp3) is 0.846. The summed E-state index contributed by atoms with van der Waals surface area (Å²) >= 11 is 0. The Balaban J connectivity index is 1.03. The van der Waals surface area contributed by atoms with E-state index in [9.17, 15) is 19.2 Å². The van der Waals surface area contributed by atoms with Crippen molar-refractivity contribution in [3.8, 4) is 0 Å². The Kier molecular flexibility index (Phi) is 10.2. The van der Waals surface area contributed by atoms with E-state index in [0.717, 1.165) is 71.4 Å². The van der Waals surface area contributed by atoms with Crippen LogP contribution in [0.3, 0.4) is 0 Å². The number of carbonyl (C=O) groups is 4. The Morgan fingerprint density at radius 2 is 1.77 bits per heavy atom. The molecule has 12 atom stereocenters. The van der Waals surface area contributed by atoms with Crippen molar-refractivity contribution >= 4 is 23.6 Å². The van der Waals surface area contributed by atoms with E-state index in [1.807, 2.05) is 0 Å². The number of ketones is 2. The highest BCUT2D eigenvalue weighted by Gasteiger charge is 2.62. The van der Waals surface area contributed by atoms with Crippen LogP contribution in [0, 0.1) is 29.6 Å². The SMILES string of the molecule is CC(C)(C)OC(=O)N[C@H]1CCN(C(=O)C2=CN3C4CC5C(CC4OC4C(NCCCN6CCOCC6)C(F)CC(C2=O)C43)C(=O)C2CCCCC25)C1. The summed E-state index contributed by atoms with van der Waals surface area (Å²) in [5.74, 6) is -0.249. The normalized spacial score (nSPS) is 40.3. The number of fused-ring (bicyclic) bond motifs is 5. The third kappa shape index (κ3) is 6.92. The van der Waals surface area contributed by atoms with E-state index < -0.39 is 35.9 Å². The van der Waals surface area contributed by atoms with Crippen molar-refractivity contribution < 1.29 is 37.8 Å². The molecule has 8 aliphatic rings. The lowest BCUT2D eigenvalue weighted by atomic mass is 9.66. The molecule has 0 spiro atoms. The molecule has 0 aromatic heterocycles. The van der Waals surface area contributed by atoms with Gasteiger partial charge in [-0.1, -0.05) is 12.8 Å². The van der Waals surface area contributed by atoms with E-state index in [-0.39, 0.29) is 72.2 Å². The van der Waals surface area contributed by atoms with Crippen LogP contribution in [0.5, 0.6) is 0 Å². The van der Waals surface area contributed by atoms with Crippen LogP contribution in [0.15, 0.2) is 11.8 Å². The van der Waals surface area contributed by atoms with Gasteiger partial charge in [0, 0.05) is 50.1 Å². The molecular weight excluding hydrogens is 669 g/mol. The second-order valence-corrected chi connectivity index (χ2v) is 17.8. The van der Waals surface area contributed by atoms with Crippen molar-refractivity contribution in [2.45, 2.75) is 127 Å². The van der Waals surface area contributed by atoms with Gasteiger partial charge in [-0.25, -0.2) is 9.18 Å². The number of alkyl halides is 1. The number of hydrogen-bond donors (Lipinski definition) is 2. The predicted molar refractivity (Wildman–Crippen MR) is 189 cm³/mol. The molecule has 52 heavy (non-hydrogen) atoms. The van der Waals surface area contributed by atoms with Gasteiger partial charge >= 0.3 is 6.09 Å². The summed E-state index contributed by atoms with van der Waals surface area (Å²) in [6, 6.07) is -1.36. The van der Waals surface area contributed by atoms with E-state index in [1.165, 1.54) is 0 Å². The molecule has 8 rings (SSSR count). The Hall–Kier alpha value is -2.61. The number of amides is 2. The Labute approximate surface area is 306 Å². The largest absolute Gasteiger partial charge is 0.444 e. The van der Waals surface area contributed by atoms with Gasteiger partial charge < -0.3 is 34.6 Å². The van der Waals surface area contributed by atoms with Crippen LogP contribution in [0.1, 0.15) is 78.6 Å². The Bertz CT molecular complexity index is 1430. The van der Waals surface area contributed by atoms with E-state index >= 15 is 4.39 Å². The molecule has 12 nitrogen and oxygen atoms in total. The minimum Gasteiger partial charge on any atom is -0.444 e. The molecule has 4 aliphatic heterocycles. The Morgan fingerprint density at radius 1 is 0.981 bits per heavy atom. The molecule has 288 valence electrons. The summed E-state index contributed by atoms with van der Waals surface area (Å²) < 4.78 is 34.3. The molecule has 11 unspecified atom stereocenters. The maximum absolute atomic E-state index is 16.4. The topological polar surface area (TPSA) is 130 Å². The number of morpholine rings is 2. The molecule has 13 heteroatoms. The second kappa shape index (κ2) is 14.6. The molecule has 2 N–H and O–H groups in total. The molecule has 3 saturated heterocycles. The fourth-order valence-electron chi connectivity index (χ4n) is 11.2. The smallest absolute Gasteiger partial charge is 0.407 e. The number of carbonyl (C=O) groups excluding carboxylic acids is 4. The number of halogens is 1. The maximum atomic E-state index is 16.4. The first-order valence-corrected chi connectivity index (χ1v) is 20.2. The number of alkyl carbamates (subject to hydrolysis) is 1. The second-order valence-electron chi connectivity index (χ2n) is 17.8. The first-order chi connectivity index (χ1) is 25.0. The minimum absolute atomic E-state index is 0.0288. The highest BCUT2D eigenvalue weighted by molar-refractivity contribution is 6.20. The summed E-state index contributed by atoms with van der Waals surface area (Å²) in [4.78, 5) is 61.0. The van der Waals surface area contributed by atoms with Crippen LogP contribution in [-0.4, -0.2) is 139 Å². The zero-order chi connectivity index (χ0) is 36.3. The highest BCUT2D eigenvalue weighted by Crippen LogP contribution is 2.56. The van der Waals surface area contributed by atoms with Gasteiger partial charge in [-0.3, -0.25) is 19.3 Å². The van der Waals surface area contributed by atoms with E-state index in [1.54, 1.807) is 31.9 Å². The summed E-state index contributed by atoms with van der Waals surface area (Å²) in [5, 5.41) is 6.39. The molecule has 0 bridgehead atoms. The first kappa shape index (κ1) is 36.4. The van der Waals surface area contributed by atoms with Crippen LogP contribution in [-0.2, 0) is 28.6 Å². The fourth-order valence-corrected chi connectivity index (χ4v) is 11.2. The number of hydrogen-bond acceptors (Lipinski definition) is 10. The van der Waals surface area contributed by atoms with Gasteiger partial charge in [0.25, 0.3) is 5.91 Å². The van der Waals surface area contributed by atoms with Gasteiger partial charge in [0.05, 0.1) is 55.2 Å². The zero-order valence-corrected chi connectivity index (χ0v) is 31.1. The predicted octanol–water partition coefficient (Wildman–Crippen LogP) is 2.84. The van der Waals surface area contributed by atoms with E-state index in [2.05, 4.69) is 20.4 Å². The van der Waals surface area contributed by atoms with Crippen molar-refractivity contribution in [1.29, 1.82) is 0 Å². The lowest BCUT2D eigenvalue weighted by Crippen LogP contribution is -2.73. The standard InChI is InChI=1S/C39H58FN5O7/c1-39(2,3)52-38(49)42-22-9-12-44(20-22)37(48)28-21-45-30-18-25-23-7-4-5-8-24(23)34(46)26(25)19-31(30)51-36-32(29(40)17-27(33(36)45)35(28)47)41-10-6-11-43-13-15-50-16-14-43/h21-27,29-33,36,41H,4-20H2,1-3H3,(H,42,49)/t22-,23?,24?,25?,26?,27?,29?,30?,31?,32?,33?,36?/m0/s1. The number of nitrogens with zero attached hydrogens (tertiary/aromatic N) is 3. The average molecular weight is 728 g/mol. The van der Waals surface area contributed by atoms with Gasteiger partial charge in [-0.2, -0.15) is 0 Å². The molecule has 4 heterocycles. The number of ether oxygens (including phenoxy) is 3. The molecule has 4 aliphatic carbocycles. The molecule has 0 radical (unpaired) electrons. The van der Waals surface area contributed by atoms with Crippen LogP contribution in [0.2, 0.25) is 0 Å². The average Bonchev–Trinajstić information content (AvgIpc) is 3.69. The lowest BCUT2D eigenvalue weighted by molar-refractivity contribution is -0.206. The van der Waals surface area contributed by atoms with Gasteiger partial charge in [-0.15, -0.1) is 0 Å². The van der Waals surface area contributed by atoms with Gasteiger partial charge in [0.2, 0.25) is 0 Å². The minimum atomic E-state index is -1.33. The number of Topliss-reactive ketones (excluding diaryl/α,β-unsaturated/α-hetero) is 2. The molecule has 0 aromatic rings. The first-order valence-electron chi connectivity index (χ1n) is 20.2. The molecular formula is C39H58FN5O7.